The lowest BCUT2D eigenvalue weighted by Gasteiger charge is -2.13. The average molecular weight is 332 g/mol. The van der Waals surface area contributed by atoms with Crippen molar-refractivity contribution in [3.05, 3.63) is 45.4 Å². The van der Waals surface area contributed by atoms with Crippen molar-refractivity contribution in [1.82, 2.24) is 4.98 Å². The van der Waals surface area contributed by atoms with Crippen LogP contribution in [0.2, 0.25) is 0 Å². The smallest absolute Gasteiger partial charge is 0.351 e. The fourth-order valence-corrected chi connectivity index (χ4v) is 2.86. The molecule has 6 heteroatoms. The van der Waals surface area contributed by atoms with Crippen LogP contribution in [0.3, 0.4) is 0 Å². The Morgan fingerprint density at radius 2 is 1.91 bits per heavy atom. The van der Waals surface area contributed by atoms with E-state index in [-0.39, 0.29) is 5.91 Å². The van der Waals surface area contributed by atoms with Crippen LogP contribution in [0.1, 0.15) is 39.8 Å². The standard InChI is InChI=1S/C17H20N2O3S/c1-5-13-6-8-14(9-7-13)19-16(20)11(3)22-17(21)15-10(2)18-12(4)23-15/h6-9,11H,5H2,1-4H3,(H,19,20). The number of anilines is 1. The minimum absolute atomic E-state index is 0.360. The number of hydrogen-bond donors (Lipinski definition) is 1. The third-order valence-electron chi connectivity index (χ3n) is 3.37. The van der Waals surface area contributed by atoms with Crippen molar-refractivity contribution >= 4 is 28.9 Å². The van der Waals surface area contributed by atoms with Crippen molar-refractivity contribution in [3.8, 4) is 0 Å². The van der Waals surface area contributed by atoms with Gasteiger partial charge in [-0.1, -0.05) is 19.1 Å². The quantitative estimate of drug-likeness (QED) is 0.851. The minimum Gasteiger partial charge on any atom is -0.448 e. The molecule has 0 saturated carbocycles. The summed E-state index contributed by atoms with van der Waals surface area (Å²) in [4.78, 5) is 28.8. The number of amides is 1. The molecule has 0 bridgehead atoms. The molecule has 0 saturated heterocycles. The lowest BCUT2D eigenvalue weighted by atomic mass is 10.1. The molecule has 1 aromatic heterocycles. The van der Waals surface area contributed by atoms with Crippen molar-refractivity contribution in [2.45, 2.75) is 40.2 Å². The highest BCUT2D eigenvalue weighted by Crippen LogP contribution is 2.19. The van der Waals surface area contributed by atoms with Crippen molar-refractivity contribution in [3.63, 3.8) is 0 Å². The van der Waals surface area contributed by atoms with Gasteiger partial charge in [0.1, 0.15) is 4.88 Å². The van der Waals surface area contributed by atoms with Gasteiger partial charge in [-0.2, -0.15) is 0 Å². The van der Waals surface area contributed by atoms with Crippen LogP contribution in [-0.4, -0.2) is 23.0 Å². The predicted octanol–water partition coefficient (Wildman–Crippen LogP) is 3.51. The van der Waals surface area contributed by atoms with Crippen LogP contribution < -0.4 is 5.32 Å². The zero-order valence-corrected chi connectivity index (χ0v) is 14.5. The second-order valence-electron chi connectivity index (χ2n) is 5.23. The van der Waals surface area contributed by atoms with Gasteiger partial charge in [0, 0.05) is 5.69 Å². The second kappa shape index (κ2) is 7.37. The molecule has 2 rings (SSSR count). The molecule has 1 atom stereocenters. The van der Waals surface area contributed by atoms with Gasteiger partial charge in [0.15, 0.2) is 6.10 Å². The number of ether oxygens (including phenoxy) is 1. The Bertz CT molecular complexity index is 707. The van der Waals surface area contributed by atoms with Crippen molar-refractivity contribution in [2.24, 2.45) is 0 Å². The first kappa shape index (κ1) is 17.1. The molecular weight excluding hydrogens is 312 g/mol. The molecule has 1 heterocycles. The van der Waals surface area contributed by atoms with Gasteiger partial charge in [0.2, 0.25) is 0 Å². The number of benzene rings is 1. The summed E-state index contributed by atoms with van der Waals surface area (Å²) < 4.78 is 5.23. The van der Waals surface area contributed by atoms with E-state index in [1.807, 2.05) is 31.2 Å². The van der Waals surface area contributed by atoms with Crippen LogP contribution in [-0.2, 0) is 16.0 Å². The average Bonchev–Trinajstić information content (AvgIpc) is 2.86. The summed E-state index contributed by atoms with van der Waals surface area (Å²) in [5.74, 6) is -0.876. The van der Waals surface area contributed by atoms with Gasteiger partial charge in [0.05, 0.1) is 10.7 Å². The molecule has 0 aliphatic heterocycles. The molecule has 2 aromatic rings. The van der Waals surface area contributed by atoms with E-state index in [1.165, 1.54) is 16.9 Å². The van der Waals surface area contributed by atoms with Gasteiger partial charge in [-0.25, -0.2) is 9.78 Å². The number of hydrogen-bond acceptors (Lipinski definition) is 5. The van der Waals surface area contributed by atoms with Gasteiger partial charge in [-0.05, 0) is 44.9 Å². The van der Waals surface area contributed by atoms with Crippen LogP contribution >= 0.6 is 11.3 Å². The van der Waals surface area contributed by atoms with E-state index >= 15 is 0 Å². The van der Waals surface area contributed by atoms with Crippen LogP contribution in [0.25, 0.3) is 0 Å². The molecule has 0 spiro atoms. The lowest BCUT2D eigenvalue weighted by molar-refractivity contribution is -0.123. The van der Waals surface area contributed by atoms with Crippen LogP contribution in [0.15, 0.2) is 24.3 Å². The summed E-state index contributed by atoms with van der Waals surface area (Å²) in [5.41, 5.74) is 2.50. The SMILES string of the molecule is CCc1ccc(NC(=O)C(C)OC(=O)c2sc(C)nc2C)cc1. The van der Waals surface area contributed by atoms with Gasteiger partial charge >= 0.3 is 5.97 Å². The van der Waals surface area contributed by atoms with E-state index in [4.69, 9.17) is 4.74 Å². The first-order chi connectivity index (χ1) is 10.9. The van der Waals surface area contributed by atoms with Crippen LogP contribution in [0.4, 0.5) is 5.69 Å². The van der Waals surface area contributed by atoms with E-state index in [0.29, 0.717) is 16.3 Å². The van der Waals surface area contributed by atoms with E-state index in [0.717, 1.165) is 11.4 Å². The molecule has 5 nitrogen and oxygen atoms in total. The summed E-state index contributed by atoms with van der Waals surface area (Å²) in [7, 11) is 0. The summed E-state index contributed by atoms with van der Waals surface area (Å²) in [6, 6.07) is 7.58. The molecule has 23 heavy (non-hydrogen) atoms. The fraction of sp³-hybridized carbons (Fsp3) is 0.353. The monoisotopic (exact) mass is 332 g/mol. The van der Waals surface area contributed by atoms with Gasteiger partial charge in [0.25, 0.3) is 5.91 Å². The molecule has 122 valence electrons. The normalized spacial score (nSPS) is 11.8. The van der Waals surface area contributed by atoms with E-state index < -0.39 is 12.1 Å². The van der Waals surface area contributed by atoms with Crippen LogP contribution in [0, 0.1) is 13.8 Å². The number of aryl methyl sites for hydroxylation is 3. The summed E-state index contributed by atoms with van der Waals surface area (Å²) >= 11 is 1.27. The first-order valence-electron chi connectivity index (χ1n) is 7.45. The Balaban J connectivity index is 1.96. The second-order valence-corrected chi connectivity index (χ2v) is 6.44. The fourth-order valence-electron chi connectivity index (χ4n) is 2.06. The maximum Gasteiger partial charge on any atom is 0.351 e. The molecule has 0 fully saturated rings. The third-order valence-corrected chi connectivity index (χ3v) is 4.42. The third kappa shape index (κ3) is 4.39. The molecule has 1 amide bonds. The highest BCUT2D eigenvalue weighted by atomic mass is 32.1. The predicted molar refractivity (Wildman–Crippen MR) is 90.9 cm³/mol. The number of aromatic nitrogens is 1. The lowest BCUT2D eigenvalue weighted by Crippen LogP contribution is -2.29. The number of rotatable bonds is 5. The maximum atomic E-state index is 12.1. The Hall–Kier alpha value is -2.21. The van der Waals surface area contributed by atoms with E-state index in [9.17, 15) is 9.59 Å². The highest BCUT2D eigenvalue weighted by Gasteiger charge is 2.22. The molecular formula is C17H20N2O3S. The highest BCUT2D eigenvalue weighted by molar-refractivity contribution is 7.13. The summed E-state index contributed by atoms with van der Waals surface area (Å²) in [6.07, 6.45) is 0.0609. The summed E-state index contributed by atoms with van der Waals surface area (Å²) in [6.45, 7) is 7.19. The molecule has 0 radical (unpaired) electrons. The number of esters is 1. The van der Waals surface area contributed by atoms with Crippen molar-refractivity contribution < 1.29 is 14.3 Å². The minimum atomic E-state index is -0.879. The molecule has 1 unspecified atom stereocenters. The Morgan fingerprint density at radius 3 is 2.43 bits per heavy atom. The van der Waals surface area contributed by atoms with E-state index in [2.05, 4.69) is 17.2 Å². The van der Waals surface area contributed by atoms with Gasteiger partial charge in [-0.15, -0.1) is 11.3 Å². The number of carbonyl (C=O) groups is 2. The molecule has 0 aliphatic carbocycles. The van der Waals surface area contributed by atoms with Gasteiger partial charge in [-0.3, -0.25) is 4.79 Å². The summed E-state index contributed by atoms with van der Waals surface area (Å²) in [5, 5.41) is 3.54. The Morgan fingerprint density at radius 1 is 1.26 bits per heavy atom. The zero-order chi connectivity index (χ0) is 17.0. The number of nitrogens with zero attached hydrogens (tertiary/aromatic N) is 1. The Kier molecular flexibility index (Phi) is 5.50. The molecule has 1 N–H and O–H groups in total. The number of carbonyl (C=O) groups excluding carboxylic acids is 2. The molecule has 0 aliphatic rings. The van der Waals surface area contributed by atoms with Gasteiger partial charge < -0.3 is 10.1 Å². The van der Waals surface area contributed by atoms with E-state index in [1.54, 1.807) is 13.8 Å². The van der Waals surface area contributed by atoms with Crippen molar-refractivity contribution in [2.75, 3.05) is 5.32 Å². The van der Waals surface area contributed by atoms with Crippen LogP contribution in [0.5, 0.6) is 0 Å². The Labute approximate surface area is 139 Å². The maximum absolute atomic E-state index is 12.1. The molecule has 1 aromatic carbocycles. The first-order valence-corrected chi connectivity index (χ1v) is 8.27. The number of thiazole rings is 1. The zero-order valence-electron chi connectivity index (χ0n) is 13.7. The topological polar surface area (TPSA) is 68.3 Å². The van der Waals surface area contributed by atoms with Crippen molar-refractivity contribution in [1.29, 1.82) is 0 Å². The largest absolute Gasteiger partial charge is 0.448 e. The number of nitrogens with one attached hydrogen (secondary N) is 1.